The van der Waals surface area contributed by atoms with Gasteiger partial charge in [-0.15, -0.1) is 0 Å². The molecule has 6 aliphatic rings. The Balaban J connectivity index is 1.16. The molecule has 246 valence electrons. The van der Waals surface area contributed by atoms with Gasteiger partial charge in [0.15, 0.2) is 0 Å². The van der Waals surface area contributed by atoms with E-state index in [1.54, 1.807) is 0 Å². The maximum absolute atomic E-state index is 13.8. The lowest BCUT2D eigenvalue weighted by Gasteiger charge is -2.45. The third-order valence-corrected chi connectivity index (χ3v) is 11.3. The normalized spacial score (nSPS) is 33.5. The fourth-order valence-corrected chi connectivity index (χ4v) is 9.42. The number of ether oxygens (including phenoxy) is 3. The van der Waals surface area contributed by atoms with Crippen molar-refractivity contribution in [2.45, 2.75) is 60.6 Å². The fraction of sp³-hybridized carbons (Fsp3) is 0.500. The molecule has 1 heterocycles. The van der Waals surface area contributed by atoms with Crippen LogP contribution in [0, 0.1) is 29.6 Å². The van der Waals surface area contributed by atoms with Crippen molar-refractivity contribution in [1.82, 2.24) is 0 Å². The first-order chi connectivity index (χ1) is 21.5. The number of esters is 3. The Morgan fingerprint density at radius 2 is 1.41 bits per heavy atom. The second-order valence-electron chi connectivity index (χ2n) is 12.4. The van der Waals surface area contributed by atoms with Crippen LogP contribution >= 0.6 is 0 Å². The molecule has 2 aromatic rings. The van der Waals surface area contributed by atoms with Crippen molar-refractivity contribution in [3.63, 3.8) is 0 Å². The summed E-state index contributed by atoms with van der Waals surface area (Å²) in [6, 6.07) is 15.3. The molecular weight excluding hydrogens is 650 g/mol. The first kappa shape index (κ1) is 31.0. The highest BCUT2D eigenvalue weighted by molar-refractivity contribution is 7.86. The third kappa shape index (κ3) is 4.61. The van der Waals surface area contributed by atoms with Gasteiger partial charge in [-0.25, -0.2) is 0 Å². The van der Waals surface area contributed by atoms with Crippen LogP contribution in [-0.2, 0) is 38.7 Å². The van der Waals surface area contributed by atoms with Crippen molar-refractivity contribution in [3.8, 4) is 0 Å². The molecule has 9 nitrogen and oxygen atoms in total. The Morgan fingerprint density at radius 3 is 1.93 bits per heavy atom. The van der Waals surface area contributed by atoms with Gasteiger partial charge in [0.2, 0.25) is 11.4 Å². The number of rotatable bonds is 6. The summed E-state index contributed by atoms with van der Waals surface area (Å²) in [5, 5.41) is -4.54. The molecule has 9 atom stereocenters. The number of fused-ring (bicyclic) bond motifs is 2. The van der Waals surface area contributed by atoms with E-state index in [4.69, 9.17) is 14.0 Å². The molecule has 1 N–H and O–H groups in total. The first-order valence-corrected chi connectivity index (χ1v) is 15.9. The molecule has 0 aromatic heterocycles. The van der Waals surface area contributed by atoms with Gasteiger partial charge in [-0.3, -0.25) is 18.9 Å². The van der Waals surface area contributed by atoms with Gasteiger partial charge in [0.1, 0.15) is 12.2 Å². The SMILES string of the molecule is O=C(OC1C2CC3C1OC(=O)C3C2C(=O)OC(C(C(F)(F)F)S(=O)(=O)O)C(F)(F)F)C1CC2c3ccccc3C1c1ccccc12. The predicted molar refractivity (Wildman–Crippen MR) is 140 cm³/mol. The van der Waals surface area contributed by atoms with Crippen LogP contribution in [0.1, 0.15) is 46.9 Å². The van der Waals surface area contributed by atoms with E-state index in [1.807, 2.05) is 48.5 Å². The summed E-state index contributed by atoms with van der Waals surface area (Å²) in [7, 11) is -6.48. The maximum Gasteiger partial charge on any atom is 0.427 e. The number of hydrogen-bond acceptors (Lipinski definition) is 8. The molecule has 4 bridgehead atoms. The van der Waals surface area contributed by atoms with Crippen LogP contribution in [0.3, 0.4) is 0 Å². The average Bonchev–Trinajstić information content (AvgIpc) is 3.59. The van der Waals surface area contributed by atoms with Crippen LogP contribution in [0.5, 0.6) is 0 Å². The summed E-state index contributed by atoms with van der Waals surface area (Å²) in [6.07, 6.45) is -18.6. The van der Waals surface area contributed by atoms with Crippen LogP contribution in [0.4, 0.5) is 26.3 Å². The highest BCUT2D eigenvalue weighted by atomic mass is 32.2. The highest BCUT2D eigenvalue weighted by Crippen LogP contribution is 2.60. The summed E-state index contributed by atoms with van der Waals surface area (Å²) in [4.78, 5) is 39.8. The molecule has 46 heavy (non-hydrogen) atoms. The van der Waals surface area contributed by atoms with Crippen molar-refractivity contribution >= 4 is 28.0 Å². The summed E-state index contributed by atoms with van der Waals surface area (Å²) < 4.78 is 129. The van der Waals surface area contributed by atoms with Crippen molar-refractivity contribution in [2.75, 3.05) is 0 Å². The molecule has 0 radical (unpaired) electrons. The van der Waals surface area contributed by atoms with E-state index < -0.39 is 99.4 Å². The van der Waals surface area contributed by atoms with Crippen molar-refractivity contribution in [2.24, 2.45) is 29.6 Å². The smallest absolute Gasteiger partial charge is 0.427 e. The summed E-state index contributed by atoms with van der Waals surface area (Å²) in [5.41, 5.74) is 3.98. The number of hydrogen-bond donors (Lipinski definition) is 1. The minimum Gasteiger partial charge on any atom is -0.458 e. The largest absolute Gasteiger partial charge is 0.458 e. The highest BCUT2D eigenvalue weighted by Gasteiger charge is 2.72. The Bertz CT molecular complexity index is 1690. The summed E-state index contributed by atoms with van der Waals surface area (Å²) in [6.45, 7) is 0. The van der Waals surface area contributed by atoms with Gasteiger partial charge in [0, 0.05) is 23.7 Å². The lowest BCUT2D eigenvalue weighted by molar-refractivity contribution is -0.251. The van der Waals surface area contributed by atoms with E-state index in [2.05, 4.69) is 4.74 Å². The van der Waals surface area contributed by atoms with Gasteiger partial charge >= 0.3 is 30.3 Å². The molecule has 9 unspecified atom stereocenters. The molecule has 16 heteroatoms. The van der Waals surface area contributed by atoms with Crippen molar-refractivity contribution in [3.05, 3.63) is 70.8 Å². The predicted octanol–water partition coefficient (Wildman–Crippen LogP) is 4.30. The van der Waals surface area contributed by atoms with E-state index in [0.717, 1.165) is 22.3 Å². The van der Waals surface area contributed by atoms with Crippen molar-refractivity contribution < 1.29 is 67.9 Å². The van der Waals surface area contributed by atoms with Gasteiger partial charge in [-0.1, -0.05) is 48.5 Å². The second-order valence-corrected chi connectivity index (χ2v) is 14.0. The Kier molecular flexibility index (Phi) is 6.84. The zero-order valence-corrected chi connectivity index (χ0v) is 24.1. The van der Waals surface area contributed by atoms with E-state index in [0.29, 0.717) is 6.42 Å². The van der Waals surface area contributed by atoms with E-state index in [9.17, 15) is 49.1 Å². The number of carbonyl (C=O) groups excluding carboxylic acids is 3. The topological polar surface area (TPSA) is 133 Å². The first-order valence-electron chi connectivity index (χ1n) is 14.4. The summed E-state index contributed by atoms with van der Waals surface area (Å²) in [5.74, 6) is -10.1. The fourth-order valence-electron chi connectivity index (χ4n) is 8.56. The minimum absolute atomic E-state index is 0.0428. The zero-order chi connectivity index (χ0) is 33.1. The number of benzene rings is 2. The number of carbonyl (C=O) groups is 3. The zero-order valence-electron chi connectivity index (χ0n) is 23.3. The molecule has 0 spiro atoms. The molecule has 0 amide bonds. The minimum atomic E-state index is -6.48. The van der Waals surface area contributed by atoms with Gasteiger partial charge in [0.05, 0.1) is 17.8 Å². The maximum atomic E-state index is 13.8. The molecule has 8 rings (SSSR count). The van der Waals surface area contributed by atoms with Gasteiger partial charge < -0.3 is 14.2 Å². The quantitative estimate of drug-likeness (QED) is 0.206. The van der Waals surface area contributed by atoms with Crippen molar-refractivity contribution in [1.29, 1.82) is 0 Å². The van der Waals surface area contributed by atoms with E-state index in [-0.39, 0.29) is 12.3 Å². The summed E-state index contributed by atoms with van der Waals surface area (Å²) >= 11 is 0. The Morgan fingerprint density at radius 1 is 0.848 bits per heavy atom. The second kappa shape index (κ2) is 10.2. The molecule has 1 saturated heterocycles. The van der Waals surface area contributed by atoms with Crippen LogP contribution in [0.25, 0.3) is 0 Å². The Labute approximate surface area is 256 Å². The van der Waals surface area contributed by atoms with E-state index in [1.165, 1.54) is 0 Å². The molecule has 2 aromatic carbocycles. The van der Waals surface area contributed by atoms with Crippen LogP contribution in [-0.4, -0.2) is 66.8 Å². The average molecular weight is 675 g/mol. The monoisotopic (exact) mass is 674 g/mol. The van der Waals surface area contributed by atoms with Crippen LogP contribution < -0.4 is 0 Å². The number of halogens is 6. The lowest BCUT2D eigenvalue weighted by Crippen LogP contribution is -2.55. The Hall–Kier alpha value is -3.66. The van der Waals surface area contributed by atoms with Gasteiger partial charge in [0.25, 0.3) is 10.1 Å². The molecule has 3 fully saturated rings. The van der Waals surface area contributed by atoms with E-state index >= 15 is 0 Å². The third-order valence-electron chi connectivity index (χ3n) is 10.2. The molecule has 1 aliphatic heterocycles. The molecule has 5 aliphatic carbocycles. The lowest BCUT2D eigenvalue weighted by atomic mass is 9.59. The molecule has 2 saturated carbocycles. The van der Waals surface area contributed by atoms with Crippen LogP contribution in [0.15, 0.2) is 48.5 Å². The standard InChI is InChI=1S/C30H24F6O9S/c31-29(32,33)24(25(30(34,35)36)46(40,41)42)45-28(39)21-17-10-16-20(21)27(38)44-23(16)22(17)43-26(37)18-9-15-11-5-1-3-7-13(11)19(18)14-8-4-2-6-12(14)15/h1-8,15-25H,9-10H2,(H,40,41,42). The van der Waals surface area contributed by atoms with Crippen LogP contribution in [0.2, 0.25) is 0 Å². The van der Waals surface area contributed by atoms with Gasteiger partial charge in [-0.2, -0.15) is 34.8 Å². The number of alkyl halides is 6. The molecular formula is C30H24F6O9S. The van der Waals surface area contributed by atoms with Gasteiger partial charge in [-0.05, 0) is 35.1 Å².